The van der Waals surface area contributed by atoms with Gasteiger partial charge in [0.2, 0.25) is 0 Å². The van der Waals surface area contributed by atoms with E-state index in [1.807, 2.05) is 0 Å². The number of hydrogen-bond donors (Lipinski definition) is 3. The molecule has 0 atom stereocenters. The Bertz CT molecular complexity index is 600. The van der Waals surface area contributed by atoms with E-state index in [0.29, 0.717) is 11.1 Å². The van der Waals surface area contributed by atoms with Crippen LogP contribution in [0, 0.1) is 0 Å². The number of benzene rings is 1. The van der Waals surface area contributed by atoms with E-state index in [0.717, 1.165) is 6.08 Å². The van der Waals surface area contributed by atoms with Crippen LogP contribution in [0.1, 0.15) is 25.0 Å². The lowest BCUT2D eigenvalue weighted by Gasteiger charge is -2.27. The number of carboxylic acid groups (broad SMARTS) is 3. The first-order chi connectivity index (χ1) is 10.7. The van der Waals surface area contributed by atoms with Crippen molar-refractivity contribution in [2.24, 2.45) is 0 Å². The van der Waals surface area contributed by atoms with Gasteiger partial charge in [-0.15, -0.1) is 0 Å². The Hall–Kier alpha value is -2.67. The molecule has 0 spiro atoms. The highest BCUT2D eigenvalue weighted by atomic mass is 16.6. The van der Waals surface area contributed by atoms with E-state index < -0.39 is 29.6 Å². The molecular formula is C16H18O7. The molecule has 1 aromatic rings. The van der Waals surface area contributed by atoms with Crippen molar-refractivity contribution in [2.45, 2.75) is 32.0 Å². The molecule has 0 bridgehead atoms. The smallest absolute Gasteiger partial charge is 0.348 e. The van der Waals surface area contributed by atoms with E-state index in [4.69, 9.17) is 9.84 Å². The van der Waals surface area contributed by atoms with Gasteiger partial charge in [-0.3, -0.25) is 0 Å². The van der Waals surface area contributed by atoms with Crippen molar-refractivity contribution < 1.29 is 34.4 Å². The Kier molecular flexibility index (Phi) is 6.03. The molecule has 0 unspecified atom stereocenters. The predicted molar refractivity (Wildman–Crippen MR) is 81.0 cm³/mol. The van der Waals surface area contributed by atoms with Gasteiger partial charge in [0, 0.05) is 12.5 Å². The van der Waals surface area contributed by atoms with E-state index >= 15 is 0 Å². The fourth-order valence-electron chi connectivity index (χ4n) is 1.99. The molecule has 124 valence electrons. The van der Waals surface area contributed by atoms with Gasteiger partial charge in [-0.05, 0) is 31.1 Å². The summed E-state index contributed by atoms with van der Waals surface area (Å²) in [6.07, 6.45) is 1.41. The van der Waals surface area contributed by atoms with Gasteiger partial charge in [0.15, 0.2) is 0 Å². The third-order valence-electron chi connectivity index (χ3n) is 2.98. The van der Waals surface area contributed by atoms with Gasteiger partial charge < -0.3 is 20.1 Å². The molecule has 0 fully saturated rings. The van der Waals surface area contributed by atoms with Crippen molar-refractivity contribution in [3.05, 3.63) is 41.5 Å². The molecule has 3 N–H and O–H groups in total. The predicted octanol–water partition coefficient (Wildman–Crippen LogP) is 1.66. The van der Waals surface area contributed by atoms with Crippen LogP contribution in [0.2, 0.25) is 0 Å². The van der Waals surface area contributed by atoms with Crippen LogP contribution in [-0.2, 0) is 25.5 Å². The lowest BCUT2D eigenvalue weighted by atomic mass is 9.93. The van der Waals surface area contributed by atoms with Gasteiger partial charge in [-0.1, -0.05) is 24.3 Å². The Balaban J connectivity index is 3.07. The maximum Gasteiger partial charge on any atom is 0.348 e. The van der Waals surface area contributed by atoms with Gasteiger partial charge in [0.1, 0.15) is 0 Å². The minimum atomic E-state index is -2.37. The second-order valence-electron chi connectivity index (χ2n) is 5.19. The lowest BCUT2D eigenvalue weighted by Crippen LogP contribution is -2.52. The summed E-state index contributed by atoms with van der Waals surface area (Å²) in [5, 5.41) is 27.2. The van der Waals surface area contributed by atoms with Gasteiger partial charge in [0.25, 0.3) is 5.60 Å². The molecule has 0 aliphatic heterocycles. The highest BCUT2D eigenvalue weighted by Crippen LogP contribution is 2.22. The molecular weight excluding hydrogens is 304 g/mol. The van der Waals surface area contributed by atoms with Crippen molar-refractivity contribution in [3.63, 3.8) is 0 Å². The number of rotatable bonds is 8. The molecule has 0 aliphatic rings. The maximum atomic E-state index is 11.5. The van der Waals surface area contributed by atoms with Crippen LogP contribution in [0.25, 0.3) is 6.08 Å². The summed E-state index contributed by atoms with van der Waals surface area (Å²) in [7, 11) is 0. The first-order valence-corrected chi connectivity index (χ1v) is 6.82. The Morgan fingerprint density at radius 3 is 2.00 bits per heavy atom. The molecule has 1 rings (SSSR count). The first kappa shape index (κ1) is 18.4. The van der Waals surface area contributed by atoms with Crippen LogP contribution >= 0.6 is 0 Å². The number of ether oxygens (including phenoxy) is 1. The molecule has 1 aromatic carbocycles. The third-order valence-corrected chi connectivity index (χ3v) is 2.98. The van der Waals surface area contributed by atoms with E-state index in [1.54, 1.807) is 26.0 Å². The average molecular weight is 322 g/mol. The molecule has 0 saturated heterocycles. The zero-order valence-corrected chi connectivity index (χ0v) is 12.7. The molecule has 0 radical (unpaired) electrons. The fraction of sp³-hybridized carbons (Fsp3) is 0.312. The molecule has 0 saturated carbocycles. The second kappa shape index (κ2) is 7.55. The summed E-state index contributed by atoms with van der Waals surface area (Å²) in [6.45, 7) is 3.11. The number of hydrogen-bond acceptors (Lipinski definition) is 4. The van der Waals surface area contributed by atoms with Crippen molar-refractivity contribution >= 4 is 24.0 Å². The van der Waals surface area contributed by atoms with Crippen LogP contribution in [0.4, 0.5) is 0 Å². The number of carbonyl (C=O) groups is 3. The molecule has 0 aliphatic carbocycles. The van der Waals surface area contributed by atoms with Crippen molar-refractivity contribution in [3.8, 4) is 0 Å². The van der Waals surface area contributed by atoms with E-state index in [2.05, 4.69) is 0 Å². The summed E-state index contributed by atoms with van der Waals surface area (Å²) in [4.78, 5) is 33.4. The maximum absolute atomic E-state index is 11.5. The van der Waals surface area contributed by atoms with Crippen molar-refractivity contribution in [1.29, 1.82) is 0 Å². The number of aliphatic carboxylic acids is 3. The minimum absolute atomic E-state index is 0.348. The summed E-state index contributed by atoms with van der Waals surface area (Å²) in [5.74, 6) is -4.24. The fourth-order valence-corrected chi connectivity index (χ4v) is 1.99. The van der Waals surface area contributed by atoms with E-state index in [-0.39, 0.29) is 6.42 Å². The molecule has 7 heteroatoms. The Morgan fingerprint density at radius 1 is 1.09 bits per heavy atom. The van der Waals surface area contributed by atoms with E-state index in [1.165, 1.54) is 18.2 Å². The summed E-state index contributed by atoms with van der Waals surface area (Å²) in [5.41, 5.74) is -1.33. The van der Waals surface area contributed by atoms with Crippen LogP contribution in [0.3, 0.4) is 0 Å². The van der Waals surface area contributed by atoms with Gasteiger partial charge in [0.05, 0.1) is 6.10 Å². The zero-order chi connectivity index (χ0) is 17.6. The third kappa shape index (κ3) is 4.93. The second-order valence-corrected chi connectivity index (χ2v) is 5.19. The van der Waals surface area contributed by atoms with Gasteiger partial charge in [-0.25, -0.2) is 14.4 Å². The van der Waals surface area contributed by atoms with Crippen molar-refractivity contribution in [1.82, 2.24) is 0 Å². The topological polar surface area (TPSA) is 121 Å². The first-order valence-electron chi connectivity index (χ1n) is 6.82. The molecule has 0 heterocycles. The van der Waals surface area contributed by atoms with Crippen LogP contribution in [0.5, 0.6) is 0 Å². The average Bonchev–Trinajstić information content (AvgIpc) is 2.44. The largest absolute Gasteiger partial charge is 0.479 e. The SMILES string of the molecule is CC(C)OC(Cc1ccc(/C=C/C(=O)O)cc1)(C(=O)O)C(=O)O. The van der Waals surface area contributed by atoms with Crippen LogP contribution in [0.15, 0.2) is 30.3 Å². The zero-order valence-electron chi connectivity index (χ0n) is 12.7. The van der Waals surface area contributed by atoms with E-state index in [9.17, 15) is 24.6 Å². The Labute approximate surface area is 132 Å². The molecule has 0 aromatic heterocycles. The lowest BCUT2D eigenvalue weighted by molar-refractivity contribution is -0.188. The molecule has 23 heavy (non-hydrogen) atoms. The highest BCUT2D eigenvalue weighted by Gasteiger charge is 2.49. The van der Waals surface area contributed by atoms with Crippen LogP contribution in [-0.4, -0.2) is 44.9 Å². The molecule has 0 amide bonds. The van der Waals surface area contributed by atoms with Crippen molar-refractivity contribution in [2.75, 3.05) is 0 Å². The minimum Gasteiger partial charge on any atom is -0.479 e. The van der Waals surface area contributed by atoms with Gasteiger partial charge >= 0.3 is 17.9 Å². The summed E-state index contributed by atoms with van der Waals surface area (Å²) >= 11 is 0. The monoisotopic (exact) mass is 322 g/mol. The number of carboxylic acids is 3. The normalized spacial score (nSPS) is 11.8. The highest BCUT2D eigenvalue weighted by molar-refractivity contribution is 6.02. The Morgan fingerprint density at radius 2 is 1.61 bits per heavy atom. The quantitative estimate of drug-likeness (QED) is 0.491. The molecule has 7 nitrogen and oxygen atoms in total. The summed E-state index contributed by atoms with van der Waals surface area (Å²) in [6, 6.07) is 6.20. The van der Waals surface area contributed by atoms with Gasteiger partial charge in [-0.2, -0.15) is 0 Å². The summed E-state index contributed by atoms with van der Waals surface area (Å²) < 4.78 is 5.18. The standard InChI is InChI=1S/C16H18O7/c1-10(2)23-16(14(19)20,15(21)22)9-12-5-3-11(4-6-12)7-8-13(17)18/h3-8,10H,9H2,1-2H3,(H,17,18)(H,19,20)(H,21,22)/b8-7+. The van der Waals surface area contributed by atoms with Crippen LogP contribution < -0.4 is 0 Å².